The first-order valence-corrected chi connectivity index (χ1v) is 13.6. The maximum atomic E-state index is 11.9. The molecule has 4 bridgehead atoms. The number of rotatable bonds is 4. The normalized spacial score (nSPS) is 37.4. The Bertz CT molecular complexity index is 900. The lowest BCUT2D eigenvalue weighted by atomic mass is 9.70. The first kappa shape index (κ1) is 26.4. The van der Waals surface area contributed by atoms with Crippen LogP contribution < -0.4 is 0 Å². The van der Waals surface area contributed by atoms with E-state index >= 15 is 0 Å². The lowest BCUT2D eigenvalue weighted by Gasteiger charge is -2.35. The minimum atomic E-state index is -4.08. The lowest BCUT2D eigenvalue weighted by molar-refractivity contribution is -0.128. The molecule has 2 unspecified atom stereocenters. The van der Waals surface area contributed by atoms with Crippen LogP contribution in [0.5, 0.6) is 0 Å². The summed E-state index contributed by atoms with van der Waals surface area (Å²) in [6.45, 7) is 7.78. The molecular formula is C20H34O9S2. The van der Waals surface area contributed by atoms with Gasteiger partial charge in [-0.15, -0.1) is 0 Å². The van der Waals surface area contributed by atoms with Gasteiger partial charge in [-0.1, -0.05) is 27.7 Å². The van der Waals surface area contributed by atoms with Crippen molar-refractivity contribution in [2.45, 2.75) is 66.2 Å². The van der Waals surface area contributed by atoms with E-state index in [4.69, 9.17) is 9.11 Å². The minimum Gasteiger partial charge on any atom is -0.412 e. The number of carbonyl (C=O) groups excluding carboxylic acids is 2. The van der Waals surface area contributed by atoms with Crippen LogP contribution in [0.1, 0.15) is 66.2 Å². The SMILES string of the molecule is CC1(C)C2CC[C@@]1(CS(=O)(=O)O)C(=O)C2.CC1(C)C2CC[C@@]1(CS(=O)(=O)O)C(=O)C2.O. The van der Waals surface area contributed by atoms with Gasteiger partial charge in [0.15, 0.2) is 0 Å². The zero-order chi connectivity index (χ0) is 23.0. The molecule has 4 atom stereocenters. The third kappa shape index (κ3) is 4.01. The van der Waals surface area contributed by atoms with Gasteiger partial charge in [0.25, 0.3) is 20.2 Å². The fourth-order valence-corrected chi connectivity index (χ4v) is 9.44. The Hall–Kier alpha value is -0.880. The molecule has 0 aromatic heterocycles. The Morgan fingerprint density at radius 3 is 1.19 bits per heavy atom. The molecule has 0 aromatic carbocycles. The molecule has 180 valence electrons. The molecule has 4 aliphatic rings. The van der Waals surface area contributed by atoms with Crippen LogP contribution in [-0.2, 0) is 29.8 Å². The number of ketones is 2. The molecule has 31 heavy (non-hydrogen) atoms. The predicted octanol–water partition coefficient (Wildman–Crippen LogP) is 1.71. The van der Waals surface area contributed by atoms with Crippen molar-refractivity contribution < 1.29 is 41.0 Å². The Kier molecular flexibility index (Phi) is 6.45. The Morgan fingerprint density at radius 1 is 0.742 bits per heavy atom. The lowest BCUT2D eigenvalue weighted by Crippen LogP contribution is -2.42. The van der Waals surface area contributed by atoms with Crippen LogP contribution in [0.3, 0.4) is 0 Å². The Morgan fingerprint density at radius 2 is 1.03 bits per heavy atom. The number of carbonyl (C=O) groups is 2. The summed E-state index contributed by atoms with van der Waals surface area (Å²) >= 11 is 0. The standard InChI is InChI=1S/2C10H16O4S.H2O/c2*1-9(2)7-3-4-10(9,8(11)5-7)6-15(12,13)14;/h2*7H,3-6H2,1-2H3,(H,12,13,14);1H2/t2*7?,10-;/m11./s1. The van der Waals surface area contributed by atoms with Crippen LogP contribution in [0.2, 0.25) is 0 Å². The second-order valence-corrected chi connectivity index (χ2v) is 13.7. The second-order valence-electron chi connectivity index (χ2n) is 10.8. The monoisotopic (exact) mass is 482 g/mol. The van der Waals surface area contributed by atoms with Gasteiger partial charge in [0.1, 0.15) is 11.6 Å². The Labute approximate surface area is 184 Å². The van der Waals surface area contributed by atoms with Crippen molar-refractivity contribution in [3.8, 4) is 0 Å². The number of fused-ring (bicyclic) bond motifs is 4. The summed E-state index contributed by atoms with van der Waals surface area (Å²) in [7, 11) is -8.15. The third-order valence-electron chi connectivity index (χ3n) is 9.14. The fourth-order valence-electron chi connectivity index (χ4n) is 6.84. The molecule has 11 heteroatoms. The maximum absolute atomic E-state index is 11.9. The molecule has 4 aliphatic carbocycles. The van der Waals surface area contributed by atoms with Gasteiger partial charge >= 0.3 is 0 Å². The molecule has 4 N–H and O–H groups in total. The summed E-state index contributed by atoms with van der Waals surface area (Å²) in [6.07, 6.45) is 3.94. The zero-order valence-electron chi connectivity index (χ0n) is 18.5. The molecule has 0 amide bonds. The van der Waals surface area contributed by atoms with Gasteiger partial charge in [-0.3, -0.25) is 18.7 Å². The van der Waals surface area contributed by atoms with Gasteiger partial charge in [-0.25, -0.2) is 0 Å². The summed E-state index contributed by atoms with van der Waals surface area (Å²) in [5.74, 6) is -0.203. The van der Waals surface area contributed by atoms with E-state index in [1.807, 2.05) is 27.7 Å². The average Bonchev–Trinajstić information content (AvgIpc) is 3.05. The Balaban J connectivity index is 0.000000213. The van der Waals surface area contributed by atoms with Crippen molar-refractivity contribution in [1.82, 2.24) is 0 Å². The maximum Gasteiger partial charge on any atom is 0.265 e. The van der Waals surface area contributed by atoms with E-state index in [1.54, 1.807) is 0 Å². The third-order valence-corrected chi connectivity index (χ3v) is 10.9. The summed E-state index contributed by atoms with van der Waals surface area (Å²) in [4.78, 5) is 23.8. The zero-order valence-corrected chi connectivity index (χ0v) is 20.1. The van der Waals surface area contributed by atoms with Crippen molar-refractivity contribution in [3.63, 3.8) is 0 Å². The van der Waals surface area contributed by atoms with E-state index < -0.39 is 42.6 Å². The van der Waals surface area contributed by atoms with Gasteiger partial charge in [0.2, 0.25) is 0 Å². The van der Waals surface area contributed by atoms with Crippen LogP contribution in [-0.4, -0.2) is 54.5 Å². The van der Waals surface area contributed by atoms with E-state index in [9.17, 15) is 26.4 Å². The topological polar surface area (TPSA) is 174 Å². The van der Waals surface area contributed by atoms with Gasteiger partial charge in [0.05, 0.1) is 22.3 Å². The van der Waals surface area contributed by atoms with Crippen LogP contribution in [0.15, 0.2) is 0 Å². The molecule has 0 aliphatic heterocycles. The van der Waals surface area contributed by atoms with Gasteiger partial charge in [-0.05, 0) is 48.3 Å². The van der Waals surface area contributed by atoms with Gasteiger partial charge in [-0.2, -0.15) is 16.8 Å². The van der Waals surface area contributed by atoms with E-state index in [-0.39, 0.29) is 39.7 Å². The smallest absolute Gasteiger partial charge is 0.265 e. The molecule has 0 aromatic rings. The highest BCUT2D eigenvalue weighted by atomic mass is 32.2. The first-order valence-electron chi connectivity index (χ1n) is 10.3. The highest BCUT2D eigenvalue weighted by Gasteiger charge is 2.66. The quantitative estimate of drug-likeness (QED) is 0.569. The average molecular weight is 483 g/mol. The van der Waals surface area contributed by atoms with Crippen molar-refractivity contribution in [2.75, 3.05) is 11.5 Å². The number of hydrogen-bond donors (Lipinski definition) is 2. The number of hydrogen-bond acceptors (Lipinski definition) is 6. The van der Waals surface area contributed by atoms with Crippen LogP contribution in [0, 0.1) is 33.5 Å². The van der Waals surface area contributed by atoms with Crippen LogP contribution >= 0.6 is 0 Å². The first-order chi connectivity index (χ1) is 13.4. The summed E-state index contributed by atoms with van der Waals surface area (Å²) in [6, 6.07) is 0. The minimum absolute atomic E-state index is 0. The van der Waals surface area contributed by atoms with Crippen molar-refractivity contribution in [2.24, 2.45) is 33.5 Å². The highest BCUT2D eigenvalue weighted by Crippen LogP contribution is 2.65. The van der Waals surface area contributed by atoms with Crippen LogP contribution in [0.4, 0.5) is 0 Å². The van der Waals surface area contributed by atoms with E-state index in [1.165, 1.54) is 0 Å². The van der Waals surface area contributed by atoms with E-state index in [0.717, 1.165) is 12.8 Å². The molecule has 0 heterocycles. The molecule has 0 spiro atoms. The predicted molar refractivity (Wildman–Crippen MR) is 114 cm³/mol. The van der Waals surface area contributed by atoms with E-state index in [0.29, 0.717) is 25.7 Å². The molecule has 9 nitrogen and oxygen atoms in total. The molecule has 0 saturated heterocycles. The molecule has 4 saturated carbocycles. The second kappa shape index (κ2) is 7.58. The largest absolute Gasteiger partial charge is 0.412 e. The van der Waals surface area contributed by atoms with Crippen molar-refractivity contribution in [3.05, 3.63) is 0 Å². The van der Waals surface area contributed by atoms with Crippen LogP contribution in [0.25, 0.3) is 0 Å². The summed E-state index contributed by atoms with van der Waals surface area (Å²) < 4.78 is 62.0. The van der Waals surface area contributed by atoms with Gasteiger partial charge < -0.3 is 5.48 Å². The number of Topliss-reactive ketones (excluding diaryl/α,β-unsaturated/α-hetero) is 2. The molecule has 4 rings (SSSR count). The van der Waals surface area contributed by atoms with E-state index in [2.05, 4.69) is 0 Å². The summed E-state index contributed by atoms with van der Waals surface area (Å²) in [5.41, 5.74) is -2.24. The van der Waals surface area contributed by atoms with Gasteiger partial charge in [0, 0.05) is 12.8 Å². The molecule has 4 fully saturated rings. The fraction of sp³-hybridized carbons (Fsp3) is 0.900. The van der Waals surface area contributed by atoms with Crippen molar-refractivity contribution in [1.29, 1.82) is 0 Å². The molecular weight excluding hydrogens is 448 g/mol. The molecule has 0 radical (unpaired) electrons. The highest BCUT2D eigenvalue weighted by molar-refractivity contribution is 7.86. The summed E-state index contributed by atoms with van der Waals surface area (Å²) in [5, 5.41) is 0. The van der Waals surface area contributed by atoms with Crippen molar-refractivity contribution >= 4 is 31.8 Å².